The van der Waals surface area contributed by atoms with E-state index in [4.69, 9.17) is 9.47 Å². The lowest BCUT2D eigenvalue weighted by Crippen LogP contribution is -2.50. The first-order chi connectivity index (χ1) is 15.8. The summed E-state index contributed by atoms with van der Waals surface area (Å²) in [5.74, 6) is -0.319. The lowest BCUT2D eigenvalue weighted by Gasteiger charge is -2.15. The predicted molar refractivity (Wildman–Crippen MR) is 125 cm³/mol. The van der Waals surface area contributed by atoms with Crippen LogP contribution in [0.4, 0.5) is 0 Å². The fraction of sp³-hybridized carbons (Fsp3) is 0.240. The van der Waals surface area contributed by atoms with Gasteiger partial charge in [0, 0.05) is 5.56 Å². The molecule has 3 amide bonds. The van der Waals surface area contributed by atoms with Crippen LogP contribution in [-0.2, 0) is 9.59 Å². The smallest absolute Gasteiger partial charge is 0.279 e. The van der Waals surface area contributed by atoms with Crippen LogP contribution in [0.15, 0.2) is 66.7 Å². The van der Waals surface area contributed by atoms with Gasteiger partial charge in [0.1, 0.15) is 11.5 Å². The predicted octanol–water partition coefficient (Wildman–Crippen LogP) is 2.97. The maximum atomic E-state index is 12.2. The van der Waals surface area contributed by atoms with E-state index >= 15 is 0 Å². The van der Waals surface area contributed by atoms with E-state index in [2.05, 4.69) is 16.2 Å². The topological polar surface area (TPSA) is 106 Å². The van der Waals surface area contributed by atoms with Gasteiger partial charge in [0.2, 0.25) is 0 Å². The molecule has 0 saturated heterocycles. The lowest BCUT2D eigenvalue weighted by atomic mass is 10.1. The van der Waals surface area contributed by atoms with E-state index in [-0.39, 0.29) is 12.6 Å². The molecule has 0 aromatic heterocycles. The number of ether oxygens (including phenoxy) is 2. The van der Waals surface area contributed by atoms with Gasteiger partial charge in [-0.1, -0.05) is 30.3 Å². The van der Waals surface area contributed by atoms with E-state index in [9.17, 15) is 14.4 Å². The largest absolute Gasteiger partial charge is 0.491 e. The Labute approximate surface area is 192 Å². The van der Waals surface area contributed by atoms with Crippen molar-refractivity contribution in [2.75, 3.05) is 6.54 Å². The minimum Gasteiger partial charge on any atom is -0.491 e. The molecule has 8 heteroatoms. The average molecular weight is 450 g/mol. The zero-order valence-corrected chi connectivity index (χ0v) is 18.8. The molecule has 0 aliphatic rings. The molecule has 33 heavy (non-hydrogen) atoms. The Bertz CT molecular complexity index is 1130. The second kappa shape index (κ2) is 11.0. The monoisotopic (exact) mass is 449 g/mol. The number of hydrazine groups is 1. The minimum atomic E-state index is -0.840. The molecule has 3 aromatic rings. The van der Waals surface area contributed by atoms with Crippen molar-refractivity contribution in [3.05, 3.63) is 72.3 Å². The molecule has 3 rings (SSSR count). The van der Waals surface area contributed by atoms with Crippen molar-refractivity contribution in [2.24, 2.45) is 0 Å². The second-order valence-electron chi connectivity index (χ2n) is 7.68. The highest BCUT2D eigenvalue weighted by Crippen LogP contribution is 2.21. The number of fused-ring (bicyclic) bond motifs is 1. The van der Waals surface area contributed by atoms with Crippen molar-refractivity contribution in [2.45, 2.75) is 33.0 Å². The van der Waals surface area contributed by atoms with Crippen LogP contribution in [0.3, 0.4) is 0 Å². The normalized spacial score (nSPS) is 11.5. The third-order valence-electron chi connectivity index (χ3n) is 4.63. The summed E-state index contributed by atoms with van der Waals surface area (Å²) in [4.78, 5) is 36.4. The molecule has 0 saturated carbocycles. The maximum Gasteiger partial charge on any atom is 0.279 e. The number of rotatable bonds is 8. The standard InChI is InChI=1S/C25H27N3O5/c1-16(2)32-21-11-9-19(10-12-21)25(31)26-15-23(29)27-28-24(30)17(3)33-22-13-8-18-6-4-5-7-20(18)14-22/h4-14,16-17H,15H2,1-3H3,(H,26,31)(H,27,29)(H,28,30)/t17-/m0/s1. The van der Waals surface area contributed by atoms with Crippen LogP contribution in [0, 0.1) is 0 Å². The molecular formula is C25H27N3O5. The summed E-state index contributed by atoms with van der Waals surface area (Å²) in [6, 6.07) is 19.9. The number of carbonyl (C=O) groups is 3. The molecule has 3 N–H and O–H groups in total. The molecule has 0 aliphatic heterocycles. The van der Waals surface area contributed by atoms with Gasteiger partial charge >= 0.3 is 0 Å². The van der Waals surface area contributed by atoms with E-state index in [1.807, 2.05) is 50.2 Å². The van der Waals surface area contributed by atoms with Crippen LogP contribution >= 0.6 is 0 Å². The van der Waals surface area contributed by atoms with E-state index in [1.165, 1.54) is 0 Å². The van der Waals surface area contributed by atoms with Crippen LogP contribution < -0.4 is 25.6 Å². The van der Waals surface area contributed by atoms with Gasteiger partial charge in [0.15, 0.2) is 6.10 Å². The third kappa shape index (κ3) is 6.96. The molecule has 3 aromatic carbocycles. The summed E-state index contributed by atoms with van der Waals surface area (Å²) in [7, 11) is 0. The Morgan fingerprint density at radius 1 is 0.788 bits per heavy atom. The van der Waals surface area contributed by atoms with Crippen LogP contribution in [0.25, 0.3) is 10.8 Å². The molecule has 0 bridgehead atoms. The zero-order valence-electron chi connectivity index (χ0n) is 18.8. The summed E-state index contributed by atoms with van der Waals surface area (Å²) in [5.41, 5.74) is 4.95. The summed E-state index contributed by atoms with van der Waals surface area (Å²) >= 11 is 0. The molecule has 0 radical (unpaired) electrons. The summed E-state index contributed by atoms with van der Waals surface area (Å²) in [5, 5.41) is 4.55. The minimum absolute atomic E-state index is 0.0317. The van der Waals surface area contributed by atoms with E-state index in [0.29, 0.717) is 17.1 Å². The van der Waals surface area contributed by atoms with Gasteiger partial charge in [0.25, 0.3) is 17.7 Å². The quantitative estimate of drug-likeness (QED) is 0.459. The number of nitrogens with one attached hydrogen (secondary N) is 3. The molecule has 0 heterocycles. The Kier molecular flexibility index (Phi) is 7.86. The van der Waals surface area contributed by atoms with Gasteiger partial charge in [0.05, 0.1) is 12.6 Å². The molecule has 0 fully saturated rings. The van der Waals surface area contributed by atoms with E-state index in [0.717, 1.165) is 10.8 Å². The Balaban J connectivity index is 1.41. The zero-order chi connectivity index (χ0) is 23.8. The number of carbonyl (C=O) groups excluding carboxylic acids is 3. The fourth-order valence-corrected chi connectivity index (χ4v) is 3.00. The molecule has 0 unspecified atom stereocenters. The number of amides is 3. The van der Waals surface area contributed by atoms with Gasteiger partial charge in [-0.3, -0.25) is 25.2 Å². The molecule has 1 atom stereocenters. The number of benzene rings is 3. The van der Waals surface area contributed by atoms with Crippen molar-refractivity contribution < 1.29 is 23.9 Å². The summed E-state index contributed by atoms with van der Waals surface area (Å²) in [6.45, 7) is 5.09. The first-order valence-electron chi connectivity index (χ1n) is 10.6. The maximum absolute atomic E-state index is 12.2. The van der Waals surface area contributed by atoms with Crippen LogP contribution in [0.5, 0.6) is 11.5 Å². The van der Waals surface area contributed by atoms with Crippen LogP contribution in [0.1, 0.15) is 31.1 Å². The highest BCUT2D eigenvalue weighted by atomic mass is 16.5. The Morgan fingerprint density at radius 2 is 1.45 bits per heavy atom. The molecule has 8 nitrogen and oxygen atoms in total. The first kappa shape index (κ1) is 23.6. The first-order valence-corrected chi connectivity index (χ1v) is 10.6. The molecule has 172 valence electrons. The SMILES string of the molecule is CC(C)Oc1ccc(C(=O)NCC(=O)NNC(=O)[C@H](C)Oc2ccc3ccccc3c2)cc1. The van der Waals surface area contributed by atoms with Gasteiger partial charge < -0.3 is 14.8 Å². The highest BCUT2D eigenvalue weighted by Gasteiger charge is 2.16. The molecule has 0 aliphatic carbocycles. The number of hydrogen-bond donors (Lipinski definition) is 3. The van der Waals surface area contributed by atoms with Crippen molar-refractivity contribution in [3.63, 3.8) is 0 Å². The van der Waals surface area contributed by atoms with Gasteiger partial charge in [-0.25, -0.2) is 0 Å². The van der Waals surface area contributed by atoms with Crippen molar-refractivity contribution in [3.8, 4) is 11.5 Å². The van der Waals surface area contributed by atoms with Gasteiger partial charge in [-0.2, -0.15) is 0 Å². The molecule has 0 spiro atoms. The highest BCUT2D eigenvalue weighted by molar-refractivity contribution is 5.96. The van der Waals surface area contributed by atoms with Crippen molar-refractivity contribution >= 4 is 28.5 Å². The Morgan fingerprint density at radius 3 is 2.15 bits per heavy atom. The van der Waals surface area contributed by atoms with Crippen molar-refractivity contribution in [1.29, 1.82) is 0 Å². The summed E-state index contributed by atoms with van der Waals surface area (Å²) in [6.07, 6.45) is -0.808. The van der Waals surface area contributed by atoms with Gasteiger partial charge in [-0.05, 0) is 67.9 Å². The fourth-order valence-electron chi connectivity index (χ4n) is 3.00. The van der Waals surface area contributed by atoms with Crippen LogP contribution in [0.2, 0.25) is 0 Å². The van der Waals surface area contributed by atoms with Gasteiger partial charge in [-0.15, -0.1) is 0 Å². The summed E-state index contributed by atoms with van der Waals surface area (Å²) < 4.78 is 11.2. The second-order valence-corrected chi connectivity index (χ2v) is 7.68. The third-order valence-corrected chi connectivity index (χ3v) is 4.63. The lowest BCUT2D eigenvalue weighted by molar-refractivity contribution is -0.132. The van der Waals surface area contributed by atoms with Crippen LogP contribution in [-0.4, -0.2) is 36.5 Å². The van der Waals surface area contributed by atoms with E-state index < -0.39 is 23.8 Å². The van der Waals surface area contributed by atoms with Crippen molar-refractivity contribution in [1.82, 2.24) is 16.2 Å². The van der Waals surface area contributed by atoms with E-state index in [1.54, 1.807) is 37.3 Å². The number of hydrogen-bond acceptors (Lipinski definition) is 5. The molecular weight excluding hydrogens is 422 g/mol. The average Bonchev–Trinajstić information content (AvgIpc) is 2.81. The Hall–Kier alpha value is -4.07.